The van der Waals surface area contributed by atoms with Crippen LogP contribution in [0.4, 0.5) is 13.2 Å². The summed E-state index contributed by atoms with van der Waals surface area (Å²) in [5.41, 5.74) is -1.14. The Morgan fingerprint density at radius 3 is 2.15 bits per heavy atom. The lowest BCUT2D eigenvalue weighted by Gasteiger charge is -2.19. The smallest absolute Gasteiger partial charge is 0.435 e. The second-order valence-corrected chi connectivity index (χ2v) is 9.33. The molecule has 33 heavy (non-hydrogen) atoms. The van der Waals surface area contributed by atoms with Crippen LogP contribution in [0.3, 0.4) is 0 Å². The molecule has 0 spiro atoms. The highest BCUT2D eigenvalue weighted by atomic mass is 32.2. The number of carboxylic acid groups (broad SMARTS) is 1. The van der Waals surface area contributed by atoms with Crippen molar-refractivity contribution in [2.45, 2.75) is 37.4 Å². The number of sulfonamides is 1. The van der Waals surface area contributed by atoms with Crippen LogP contribution in [0.2, 0.25) is 0 Å². The summed E-state index contributed by atoms with van der Waals surface area (Å²) >= 11 is 0. The predicted octanol–water partition coefficient (Wildman–Crippen LogP) is 3.94. The molecule has 0 amide bonds. The molecule has 12 heteroatoms. The molecule has 2 N–H and O–H groups in total. The lowest BCUT2D eigenvalue weighted by molar-refractivity contribution is -0.165. The molecule has 0 aliphatic rings. The second kappa shape index (κ2) is 8.61. The molecule has 8 nitrogen and oxygen atoms in total. The summed E-state index contributed by atoms with van der Waals surface area (Å²) < 4.78 is 65.8. The molecule has 3 rings (SSSR count). The Bertz CT molecular complexity index is 1270. The first-order valence-electron chi connectivity index (χ1n) is 9.49. The van der Waals surface area contributed by atoms with Crippen LogP contribution >= 0.6 is 0 Å². The van der Waals surface area contributed by atoms with Gasteiger partial charge in [0.1, 0.15) is 0 Å². The standard InChI is InChI=1S/C21H20F3N3O5S/c1-13-4-6-14(7-5-13)17-12-18(21(22,23)24)25-27(17)15-8-10-16(11-9-15)33(30,31)26-32-20(2,3)19(28)29/h4-12,26H,1-3H3,(H,28,29). The van der Waals surface area contributed by atoms with Gasteiger partial charge in [-0.1, -0.05) is 34.7 Å². The number of aliphatic carboxylic acids is 1. The molecule has 0 unspecified atom stereocenters. The van der Waals surface area contributed by atoms with Crippen LogP contribution in [0.15, 0.2) is 59.5 Å². The van der Waals surface area contributed by atoms with Crippen LogP contribution in [-0.2, 0) is 25.8 Å². The van der Waals surface area contributed by atoms with Gasteiger partial charge in [0.15, 0.2) is 11.3 Å². The van der Waals surface area contributed by atoms with Crippen molar-refractivity contribution in [2.75, 3.05) is 0 Å². The maximum atomic E-state index is 13.3. The van der Waals surface area contributed by atoms with Gasteiger partial charge in [0.2, 0.25) is 0 Å². The van der Waals surface area contributed by atoms with Crippen molar-refractivity contribution in [2.24, 2.45) is 0 Å². The zero-order valence-electron chi connectivity index (χ0n) is 17.7. The van der Waals surface area contributed by atoms with E-state index in [-0.39, 0.29) is 16.3 Å². The maximum Gasteiger partial charge on any atom is 0.435 e. The fourth-order valence-corrected chi connectivity index (χ4v) is 3.57. The molecule has 1 heterocycles. The Morgan fingerprint density at radius 1 is 1.06 bits per heavy atom. The van der Waals surface area contributed by atoms with Crippen molar-refractivity contribution in [3.63, 3.8) is 0 Å². The summed E-state index contributed by atoms with van der Waals surface area (Å²) in [5, 5.41) is 12.7. The minimum Gasteiger partial charge on any atom is -0.479 e. The Balaban J connectivity index is 1.97. The number of aromatic nitrogens is 2. The number of aryl methyl sites for hydroxylation is 1. The quantitative estimate of drug-likeness (QED) is 0.493. The number of rotatable bonds is 7. The van der Waals surface area contributed by atoms with Crippen LogP contribution in [0.5, 0.6) is 0 Å². The summed E-state index contributed by atoms with van der Waals surface area (Å²) in [6.45, 7) is 4.16. The van der Waals surface area contributed by atoms with Crippen molar-refractivity contribution in [1.82, 2.24) is 14.7 Å². The molecular weight excluding hydrogens is 463 g/mol. The van der Waals surface area contributed by atoms with Gasteiger partial charge in [-0.3, -0.25) is 4.84 Å². The monoisotopic (exact) mass is 483 g/mol. The van der Waals surface area contributed by atoms with Crippen LogP contribution in [0.1, 0.15) is 25.1 Å². The number of nitrogens with zero attached hydrogens (tertiary/aromatic N) is 2. The third-order valence-electron chi connectivity index (χ3n) is 4.66. The maximum absolute atomic E-state index is 13.3. The number of carbonyl (C=O) groups is 1. The Labute approximate surface area is 187 Å². The van der Waals surface area contributed by atoms with Crippen LogP contribution in [0.25, 0.3) is 16.9 Å². The van der Waals surface area contributed by atoms with Crippen molar-refractivity contribution in [3.8, 4) is 16.9 Å². The van der Waals surface area contributed by atoms with Gasteiger partial charge in [0, 0.05) is 5.56 Å². The molecule has 0 aliphatic carbocycles. The number of halogens is 3. The second-order valence-electron chi connectivity index (χ2n) is 7.69. The van der Waals surface area contributed by atoms with Crippen LogP contribution in [-0.4, -0.2) is 34.9 Å². The average molecular weight is 483 g/mol. The lowest BCUT2D eigenvalue weighted by Crippen LogP contribution is -2.41. The number of nitrogens with one attached hydrogen (secondary N) is 1. The van der Waals surface area contributed by atoms with E-state index in [1.54, 1.807) is 29.2 Å². The molecule has 0 radical (unpaired) electrons. The van der Waals surface area contributed by atoms with E-state index in [1.807, 2.05) is 6.92 Å². The van der Waals surface area contributed by atoms with E-state index in [9.17, 15) is 26.4 Å². The lowest BCUT2D eigenvalue weighted by atomic mass is 10.1. The largest absolute Gasteiger partial charge is 0.479 e. The van der Waals surface area contributed by atoms with E-state index < -0.39 is 33.5 Å². The fraction of sp³-hybridized carbons (Fsp3) is 0.238. The average Bonchev–Trinajstić information content (AvgIpc) is 3.19. The summed E-state index contributed by atoms with van der Waals surface area (Å²) in [5.74, 6) is -1.39. The Kier molecular flexibility index (Phi) is 6.37. The van der Waals surface area contributed by atoms with Gasteiger partial charge in [0.05, 0.1) is 16.3 Å². The highest BCUT2D eigenvalue weighted by molar-refractivity contribution is 7.89. The number of alkyl halides is 3. The van der Waals surface area contributed by atoms with Crippen molar-refractivity contribution < 1.29 is 36.3 Å². The van der Waals surface area contributed by atoms with Crippen molar-refractivity contribution >= 4 is 16.0 Å². The minimum atomic E-state index is -4.67. The fourth-order valence-electron chi connectivity index (χ4n) is 2.66. The zero-order valence-corrected chi connectivity index (χ0v) is 18.5. The SMILES string of the molecule is Cc1ccc(-c2cc(C(F)(F)F)nn2-c2ccc(S(=O)(=O)NOC(C)(C)C(=O)O)cc2)cc1. The van der Waals surface area contributed by atoms with E-state index in [2.05, 4.69) is 5.10 Å². The zero-order chi connectivity index (χ0) is 24.6. The molecule has 176 valence electrons. The highest BCUT2D eigenvalue weighted by Crippen LogP contribution is 2.33. The van der Waals surface area contributed by atoms with Gasteiger partial charge < -0.3 is 5.11 Å². The third-order valence-corrected chi connectivity index (χ3v) is 5.86. The molecule has 0 aliphatic heterocycles. The third kappa shape index (κ3) is 5.41. The molecule has 0 saturated carbocycles. The van der Waals surface area contributed by atoms with Crippen LogP contribution < -0.4 is 4.89 Å². The van der Waals surface area contributed by atoms with Crippen molar-refractivity contribution in [1.29, 1.82) is 0 Å². The summed E-state index contributed by atoms with van der Waals surface area (Å²) in [4.78, 5) is 17.3. The molecule has 0 bridgehead atoms. The predicted molar refractivity (Wildman–Crippen MR) is 112 cm³/mol. The van der Waals surface area contributed by atoms with Gasteiger partial charge in [-0.2, -0.15) is 18.3 Å². The first-order chi connectivity index (χ1) is 15.2. The molecule has 3 aromatic rings. The van der Waals surface area contributed by atoms with E-state index in [4.69, 9.17) is 9.94 Å². The number of hydrogen-bond donors (Lipinski definition) is 2. The topological polar surface area (TPSA) is 111 Å². The van der Waals surface area contributed by atoms with Gasteiger partial charge >= 0.3 is 12.1 Å². The molecule has 0 fully saturated rings. The normalized spacial score (nSPS) is 12.7. The molecule has 1 aromatic heterocycles. The van der Waals surface area contributed by atoms with E-state index in [1.165, 1.54) is 12.1 Å². The van der Waals surface area contributed by atoms with Gasteiger partial charge in [-0.15, -0.1) is 0 Å². The molecule has 0 saturated heterocycles. The van der Waals surface area contributed by atoms with E-state index >= 15 is 0 Å². The minimum absolute atomic E-state index is 0.169. The summed E-state index contributed by atoms with van der Waals surface area (Å²) in [6.07, 6.45) is -4.67. The van der Waals surface area contributed by atoms with E-state index in [0.29, 0.717) is 5.56 Å². The molecular formula is C21H20F3N3O5S. The van der Waals surface area contributed by atoms with Crippen molar-refractivity contribution in [3.05, 3.63) is 65.9 Å². The number of benzene rings is 2. The summed E-state index contributed by atoms with van der Waals surface area (Å²) in [7, 11) is -4.26. The number of hydrogen-bond acceptors (Lipinski definition) is 5. The highest BCUT2D eigenvalue weighted by Gasteiger charge is 2.35. The number of carboxylic acids is 1. The van der Waals surface area contributed by atoms with Gasteiger partial charge in [0.25, 0.3) is 10.0 Å². The van der Waals surface area contributed by atoms with Crippen LogP contribution in [0, 0.1) is 6.92 Å². The Morgan fingerprint density at radius 2 is 1.64 bits per heavy atom. The summed E-state index contributed by atoms with van der Waals surface area (Å²) in [6, 6.07) is 12.6. The molecule has 0 atom stereocenters. The first-order valence-corrected chi connectivity index (χ1v) is 11.0. The van der Waals surface area contributed by atoms with Gasteiger partial charge in [-0.25, -0.2) is 17.9 Å². The first kappa shape index (κ1) is 24.4. The molecule has 2 aromatic carbocycles. The van der Waals surface area contributed by atoms with E-state index in [0.717, 1.165) is 42.3 Å². The Hall–Kier alpha value is -3.22. The van der Waals surface area contributed by atoms with Gasteiger partial charge in [-0.05, 0) is 51.1 Å².